The molecule has 0 aliphatic carbocycles. The fraction of sp³-hybridized carbons (Fsp3) is 0.364. The first kappa shape index (κ1) is 21.8. The van der Waals surface area contributed by atoms with Crippen molar-refractivity contribution in [1.82, 2.24) is 9.21 Å². The first-order valence-electron chi connectivity index (χ1n) is 9.72. The van der Waals surface area contributed by atoms with E-state index in [0.717, 1.165) is 48.9 Å². The lowest BCUT2D eigenvalue weighted by Crippen LogP contribution is -2.42. The van der Waals surface area contributed by atoms with Gasteiger partial charge in [-0.25, -0.2) is 4.31 Å². The lowest BCUT2D eigenvalue weighted by Gasteiger charge is -2.34. The van der Waals surface area contributed by atoms with Gasteiger partial charge in [-0.2, -0.15) is 0 Å². The van der Waals surface area contributed by atoms with Crippen molar-refractivity contribution >= 4 is 41.9 Å². The minimum Gasteiger partial charge on any atom is -0.466 e. The minimum atomic E-state index is -0.177. The maximum absolute atomic E-state index is 11.6. The summed E-state index contributed by atoms with van der Waals surface area (Å²) in [5.74, 6) is -0.177. The van der Waals surface area contributed by atoms with Gasteiger partial charge >= 0.3 is 5.97 Å². The van der Waals surface area contributed by atoms with Crippen molar-refractivity contribution < 1.29 is 9.53 Å². The van der Waals surface area contributed by atoms with Crippen LogP contribution in [0.15, 0.2) is 52.4 Å². The summed E-state index contributed by atoms with van der Waals surface area (Å²) in [6.45, 7) is 10.7. The first-order chi connectivity index (χ1) is 14.1. The molecule has 0 N–H and O–H groups in total. The Balaban J connectivity index is 1.48. The van der Waals surface area contributed by atoms with Gasteiger partial charge < -0.3 is 4.74 Å². The van der Waals surface area contributed by atoms with Crippen LogP contribution in [0.1, 0.15) is 18.1 Å². The van der Waals surface area contributed by atoms with Crippen LogP contribution in [-0.4, -0.2) is 54.7 Å². The van der Waals surface area contributed by atoms with E-state index in [2.05, 4.69) is 33.0 Å². The van der Waals surface area contributed by atoms with Crippen molar-refractivity contribution in [3.63, 3.8) is 0 Å². The number of carbonyl (C=O) groups is 1. The van der Waals surface area contributed by atoms with E-state index in [4.69, 9.17) is 16.3 Å². The number of carbonyl (C=O) groups excluding carboxylic acids is 1. The molecule has 0 spiro atoms. The Bertz CT molecular complexity index is 836. The fourth-order valence-electron chi connectivity index (χ4n) is 3.21. The highest BCUT2D eigenvalue weighted by atomic mass is 35.5. The maximum Gasteiger partial charge on any atom is 0.310 e. The number of hydrogen-bond acceptors (Lipinski definition) is 6. The molecule has 154 valence electrons. The van der Waals surface area contributed by atoms with Crippen LogP contribution in [-0.2, 0) is 22.5 Å². The summed E-state index contributed by atoms with van der Waals surface area (Å²) in [5.41, 5.74) is 3.11. The highest BCUT2D eigenvalue weighted by Gasteiger charge is 2.19. The average molecular weight is 432 g/mol. The van der Waals surface area contributed by atoms with Crippen LogP contribution in [0.25, 0.3) is 0 Å². The molecule has 3 rings (SSSR count). The summed E-state index contributed by atoms with van der Waals surface area (Å²) in [6, 6.07) is 13.9. The second-order valence-electron chi connectivity index (χ2n) is 6.86. The van der Waals surface area contributed by atoms with E-state index in [1.165, 1.54) is 5.56 Å². The zero-order valence-corrected chi connectivity index (χ0v) is 18.2. The van der Waals surface area contributed by atoms with Gasteiger partial charge in [-0.3, -0.25) is 14.7 Å². The van der Waals surface area contributed by atoms with E-state index in [9.17, 15) is 4.79 Å². The largest absolute Gasteiger partial charge is 0.466 e. The third-order valence-corrected chi connectivity index (χ3v) is 6.12. The van der Waals surface area contributed by atoms with Gasteiger partial charge in [0.25, 0.3) is 0 Å². The van der Waals surface area contributed by atoms with Gasteiger partial charge in [-0.1, -0.05) is 35.9 Å². The summed E-state index contributed by atoms with van der Waals surface area (Å²) < 4.78 is 7.35. The molecule has 0 unspecified atom stereocenters. The topological polar surface area (TPSA) is 45.1 Å². The Labute approximate surface area is 181 Å². The summed E-state index contributed by atoms with van der Waals surface area (Å²) in [6.07, 6.45) is 0.328. The summed E-state index contributed by atoms with van der Waals surface area (Å²) in [4.78, 5) is 19.2. The molecular formula is C22H26ClN3O2S. The Morgan fingerprint density at radius 2 is 1.83 bits per heavy atom. The van der Waals surface area contributed by atoms with Crippen LogP contribution >= 0.6 is 23.5 Å². The van der Waals surface area contributed by atoms with E-state index < -0.39 is 0 Å². The summed E-state index contributed by atoms with van der Waals surface area (Å²) >= 11 is 7.83. The van der Waals surface area contributed by atoms with Crippen molar-refractivity contribution in [3.05, 3.63) is 58.6 Å². The average Bonchev–Trinajstić information content (AvgIpc) is 2.71. The Kier molecular flexibility index (Phi) is 8.12. The summed E-state index contributed by atoms with van der Waals surface area (Å²) in [5, 5.41) is 0.713. The minimum absolute atomic E-state index is 0.177. The zero-order chi connectivity index (χ0) is 20.6. The number of ether oxygens (including phenoxy) is 1. The molecule has 29 heavy (non-hydrogen) atoms. The molecule has 7 heteroatoms. The molecule has 2 aromatic carbocycles. The Morgan fingerprint density at radius 1 is 1.14 bits per heavy atom. The third-order valence-electron chi connectivity index (χ3n) is 4.73. The smallest absolute Gasteiger partial charge is 0.310 e. The Morgan fingerprint density at radius 3 is 2.48 bits per heavy atom. The molecular weight excluding hydrogens is 406 g/mol. The molecule has 5 nitrogen and oxygen atoms in total. The van der Waals surface area contributed by atoms with E-state index in [1.807, 2.05) is 37.3 Å². The van der Waals surface area contributed by atoms with Gasteiger partial charge in [-0.05, 0) is 54.9 Å². The van der Waals surface area contributed by atoms with E-state index >= 15 is 0 Å². The number of benzene rings is 2. The Hall–Kier alpha value is -1.86. The number of nitrogens with zero attached hydrogens (tertiary/aromatic N) is 3. The predicted molar refractivity (Wildman–Crippen MR) is 120 cm³/mol. The summed E-state index contributed by atoms with van der Waals surface area (Å²) in [7, 11) is 0. The second kappa shape index (κ2) is 10.8. The highest BCUT2D eigenvalue weighted by Crippen LogP contribution is 2.34. The highest BCUT2D eigenvalue weighted by molar-refractivity contribution is 7.97. The number of rotatable bonds is 8. The van der Waals surface area contributed by atoms with Gasteiger partial charge in [0.15, 0.2) is 0 Å². The molecule has 1 aliphatic rings. The van der Waals surface area contributed by atoms with Crippen molar-refractivity contribution in [2.75, 3.05) is 32.8 Å². The van der Waals surface area contributed by atoms with Crippen LogP contribution in [0.5, 0.6) is 0 Å². The van der Waals surface area contributed by atoms with Crippen molar-refractivity contribution in [1.29, 1.82) is 0 Å². The maximum atomic E-state index is 11.6. The van der Waals surface area contributed by atoms with E-state index in [1.54, 1.807) is 11.9 Å². The molecule has 1 heterocycles. The SMILES string of the molecule is C=Nc1ccc(Cl)cc1SN1CCN(Cc2ccc(CC(=O)OCC)cc2)CC1. The van der Waals surface area contributed by atoms with E-state index in [0.29, 0.717) is 18.1 Å². The van der Waals surface area contributed by atoms with Gasteiger partial charge in [0, 0.05) is 37.7 Å². The molecule has 0 radical (unpaired) electrons. The number of halogens is 1. The molecule has 1 fully saturated rings. The number of hydrogen-bond donors (Lipinski definition) is 0. The van der Waals surface area contributed by atoms with Crippen LogP contribution in [0.3, 0.4) is 0 Å². The molecule has 1 saturated heterocycles. The van der Waals surface area contributed by atoms with Crippen LogP contribution in [0.2, 0.25) is 5.02 Å². The monoisotopic (exact) mass is 431 g/mol. The fourth-order valence-corrected chi connectivity index (χ4v) is 4.48. The van der Waals surface area contributed by atoms with Crippen molar-refractivity contribution in [2.24, 2.45) is 4.99 Å². The molecule has 0 bridgehead atoms. The van der Waals surface area contributed by atoms with Crippen LogP contribution < -0.4 is 0 Å². The second-order valence-corrected chi connectivity index (χ2v) is 8.44. The number of esters is 1. The molecule has 0 amide bonds. The number of piperazine rings is 1. The quantitative estimate of drug-likeness (QED) is 0.347. The number of aliphatic imine (C=N–C) groups is 1. The van der Waals surface area contributed by atoms with Gasteiger partial charge in [0.05, 0.1) is 23.6 Å². The molecule has 0 aromatic heterocycles. The standard InChI is InChI=1S/C22H26ClN3O2S/c1-3-28-22(27)14-17-4-6-18(7-5-17)16-25-10-12-26(13-11-25)29-21-15-19(23)8-9-20(21)24-2/h4-9,15H,2-3,10-14,16H2,1H3. The van der Waals surface area contributed by atoms with Crippen molar-refractivity contribution in [2.45, 2.75) is 24.8 Å². The first-order valence-corrected chi connectivity index (χ1v) is 10.9. The van der Waals surface area contributed by atoms with E-state index in [-0.39, 0.29) is 5.97 Å². The molecule has 0 saturated carbocycles. The molecule has 0 atom stereocenters. The normalized spacial score (nSPS) is 15.2. The lowest BCUT2D eigenvalue weighted by molar-refractivity contribution is -0.142. The lowest BCUT2D eigenvalue weighted by atomic mass is 10.1. The molecule has 2 aromatic rings. The van der Waals surface area contributed by atoms with Crippen LogP contribution in [0.4, 0.5) is 5.69 Å². The predicted octanol–water partition coefficient (Wildman–Crippen LogP) is 4.60. The van der Waals surface area contributed by atoms with Gasteiger partial charge in [0.1, 0.15) is 0 Å². The third kappa shape index (κ3) is 6.57. The molecule has 1 aliphatic heterocycles. The van der Waals surface area contributed by atoms with Gasteiger partial charge in [-0.15, -0.1) is 0 Å². The van der Waals surface area contributed by atoms with Crippen LogP contribution in [0, 0.1) is 0 Å². The van der Waals surface area contributed by atoms with Crippen molar-refractivity contribution in [3.8, 4) is 0 Å². The van der Waals surface area contributed by atoms with Gasteiger partial charge in [0.2, 0.25) is 0 Å². The zero-order valence-electron chi connectivity index (χ0n) is 16.6.